The van der Waals surface area contributed by atoms with Crippen LogP contribution in [0.15, 0.2) is 30.3 Å². The molecular weight excluding hydrogens is 915 g/mol. The monoisotopic (exact) mass is 979 g/mol. The first-order chi connectivity index (χ1) is 31.8. The number of nitrogens with one attached hydrogen (secondary N) is 7. The van der Waals surface area contributed by atoms with Gasteiger partial charge in [-0.3, -0.25) is 62.9 Å². The first-order valence-electron chi connectivity index (χ1n) is 21.4. The van der Waals surface area contributed by atoms with Crippen LogP contribution in [0, 0.1) is 0 Å². The fraction of sp³-hybridized carbons (Fsp3) is 0.571. The Morgan fingerprint density at radius 2 is 1.07 bits per heavy atom. The number of primary amides is 4. The average molecular weight is 980 g/mol. The van der Waals surface area contributed by atoms with Gasteiger partial charge in [0.25, 0.3) is 0 Å². The quantitative estimate of drug-likeness (QED) is 0.0290. The SMILES string of the molecule is CSCC[C@H](NCC(=O)[C@H](CCC(N)=O)NCCC(=O)OC(C)(C)C)C(=O)N[C@@H](CC(N)=O)C(=O)N[C@@H](CC(N)=O)C(=O)N[C@@H](Cc1ccccc1)C(=O)N[C@@H](CCC(N)=O)C(=O)NCC(=O)O. The van der Waals surface area contributed by atoms with Gasteiger partial charge in [-0.15, -0.1) is 0 Å². The molecule has 0 spiro atoms. The van der Waals surface area contributed by atoms with E-state index in [0.29, 0.717) is 11.3 Å². The van der Waals surface area contributed by atoms with E-state index in [0.717, 1.165) is 0 Å². The lowest BCUT2D eigenvalue weighted by atomic mass is 10.0. The molecule has 0 unspecified atom stereocenters. The van der Waals surface area contributed by atoms with Crippen LogP contribution in [0.2, 0.25) is 0 Å². The summed E-state index contributed by atoms with van der Waals surface area (Å²) in [6.45, 7) is 3.81. The molecule has 0 saturated carbocycles. The van der Waals surface area contributed by atoms with Crippen molar-refractivity contribution < 1.29 is 67.4 Å². The zero-order chi connectivity index (χ0) is 51.6. The summed E-state index contributed by atoms with van der Waals surface area (Å²) in [5.41, 5.74) is 21.1. The number of carbonyl (C=O) groups is 12. The molecule has 26 heteroatoms. The number of hydrogen-bond acceptors (Lipinski definition) is 16. The molecule has 1 rings (SSSR count). The molecule has 0 aromatic heterocycles. The van der Waals surface area contributed by atoms with Gasteiger partial charge >= 0.3 is 11.9 Å². The molecule has 16 N–H and O–H groups in total. The van der Waals surface area contributed by atoms with Gasteiger partial charge in [-0.25, -0.2) is 0 Å². The molecular formula is C42H65N11O14S. The number of rotatable bonds is 34. The van der Waals surface area contributed by atoms with Crippen LogP contribution in [-0.4, -0.2) is 149 Å². The van der Waals surface area contributed by atoms with Gasteiger partial charge in [-0.05, 0) is 57.6 Å². The van der Waals surface area contributed by atoms with E-state index in [4.69, 9.17) is 32.8 Å². The number of carbonyl (C=O) groups excluding carboxylic acids is 11. The molecule has 0 heterocycles. The largest absolute Gasteiger partial charge is 0.480 e. The van der Waals surface area contributed by atoms with E-state index in [-0.39, 0.29) is 45.1 Å². The Balaban J connectivity index is 3.37. The van der Waals surface area contributed by atoms with Gasteiger partial charge in [0.1, 0.15) is 36.3 Å². The highest BCUT2D eigenvalue weighted by atomic mass is 32.2. The van der Waals surface area contributed by atoms with E-state index >= 15 is 0 Å². The smallest absolute Gasteiger partial charge is 0.322 e. The van der Waals surface area contributed by atoms with Gasteiger partial charge in [0.15, 0.2) is 5.78 Å². The van der Waals surface area contributed by atoms with E-state index < -0.39 is 145 Å². The Labute approximate surface area is 397 Å². The first-order valence-corrected chi connectivity index (χ1v) is 22.8. The number of hydrogen-bond donors (Lipinski definition) is 12. The van der Waals surface area contributed by atoms with Crippen molar-refractivity contribution in [1.82, 2.24) is 37.2 Å². The van der Waals surface area contributed by atoms with Crippen molar-refractivity contribution in [3.05, 3.63) is 35.9 Å². The fourth-order valence-electron chi connectivity index (χ4n) is 6.12. The molecule has 0 aliphatic heterocycles. The van der Waals surface area contributed by atoms with Crippen LogP contribution in [0.1, 0.15) is 77.7 Å². The van der Waals surface area contributed by atoms with Gasteiger partial charge < -0.3 is 64.7 Å². The summed E-state index contributed by atoms with van der Waals surface area (Å²) in [5.74, 6) is -11.0. The molecule has 0 aliphatic rings. The summed E-state index contributed by atoms with van der Waals surface area (Å²) in [7, 11) is 0. The Hall–Kier alpha value is -6.67. The summed E-state index contributed by atoms with van der Waals surface area (Å²) in [6, 6.07) is -0.700. The van der Waals surface area contributed by atoms with Crippen LogP contribution >= 0.6 is 11.8 Å². The molecule has 1 aromatic rings. The van der Waals surface area contributed by atoms with Crippen molar-refractivity contribution in [2.45, 2.75) is 120 Å². The fourth-order valence-corrected chi connectivity index (χ4v) is 6.60. The number of aliphatic carboxylic acids is 1. The third kappa shape index (κ3) is 25.9. The second-order valence-electron chi connectivity index (χ2n) is 16.4. The summed E-state index contributed by atoms with van der Waals surface area (Å²) < 4.78 is 5.28. The first kappa shape index (κ1) is 59.3. The minimum Gasteiger partial charge on any atom is -0.480 e. The zero-order valence-corrected chi connectivity index (χ0v) is 39.3. The molecule has 68 heavy (non-hydrogen) atoms. The Bertz CT molecular complexity index is 1950. The molecule has 0 radical (unpaired) electrons. The number of Topliss-reactive ketones (excluding diaryl/α,β-unsaturated/α-hetero) is 1. The lowest BCUT2D eigenvalue weighted by molar-refractivity contribution is -0.155. The maximum Gasteiger partial charge on any atom is 0.322 e. The minimum absolute atomic E-state index is 0.00775. The molecule has 6 atom stereocenters. The summed E-state index contributed by atoms with van der Waals surface area (Å²) >= 11 is 1.35. The van der Waals surface area contributed by atoms with Crippen molar-refractivity contribution in [2.24, 2.45) is 22.9 Å². The van der Waals surface area contributed by atoms with Crippen LogP contribution in [0.4, 0.5) is 0 Å². The normalized spacial score (nSPS) is 13.7. The van der Waals surface area contributed by atoms with Crippen molar-refractivity contribution in [3.63, 3.8) is 0 Å². The van der Waals surface area contributed by atoms with E-state index in [1.807, 2.05) is 0 Å². The lowest BCUT2D eigenvalue weighted by Crippen LogP contribution is -2.60. The third-order valence-corrected chi connectivity index (χ3v) is 10.0. The second-order valence-corrected chi connectivity index (χ2v) is 17.4. The molecule has 0 saturated heterocycles. The highest BCUT2D eigenvalue weighted by molar-refractivity contribution is 7.98. The second kappa shape index (κ2) is 30.6. The average Bonchev–Trinajstić information content (AvgIpc) is 3.23. The van der Waals surface area contributed by atoms with Crippen molar-refractivity contribution in [2.75, 3.05) is 31.6 Å². The lowest BCUT2D eigenvalue weighted by Gasteiger charge is -2.27. The number of carboxylic acid groups (broad SMARTS) is 1. The number of ether oxygens (including phenoxy) is 1. The number of ketones is 1. The van der Waals surface area contributed by atoms with Crippen LogP contribution in [0.3, 0.4) is 0 Å². The van der Waals surface area contributed by atoms with Crippen LogP contribution in [0.25, 0.3) is 0 Å². The number of benzene rings is 1. The molecule has 0 aliphatic carbocycles. The Morgan fingerprint density at radius 1 is 0.588 bits per heavy atom. The zero-order valence-electron chi connectivity index (χ0n) is 38.5. The predicted octanol–water partition coefficient (Wildman–Crippen LogP) is -4.38. The Morgan fingerprint density at radius 3 is 1.56 bits per heavy atom. The summed E-state index contributed by atoms with van der Waals surface area (Å²) in [5, 5.41) is 26.3. The standard InChI is InChI=1S/C42H65N11O14S/c1-42(2,3)67-36(61)14-16-47-24(10-12-31(43)55)30(54)21-48-25(15-17-68-4)38(63)52-28(19-33(45)57)41(66)53-29(20-34(46)58)40(65)51-27(18-23-8-6-5-7-9-23)39(64)50-26(11-13-32(44)56)37(62)49-22-35(59)60/h5-9,24-29,47-48H,10-22H2,1-4H3,(H2,43,55)(H2,44,56)(H2,45,57)(H2,46,58)(H,49,62)(H,50,64)(H,51,65)(H,52,63)(H,53,66)(H,59,60)/t24-,25-,26-,27-,28-,29-/m0/s1. The molecule has 378 valence electrons. The van der Waals surface area contributed by atoms with E-state index in [1.165, 1.54) is 11.8 Å². The van der Waals surface area contributed by atoms with E-state index in [1.54, 1.807) is 57.4 Å². The van der Waals surface area contributed by atoms with Crippen molar-refractivity contribution in [1.29, 1.82) is 0 Å². The highest BCUT2D eigenvalue weighted by Crippen LogP contribution is 2.10. The summed E-state index contributed by atoms with van der Waals surface area (Å²) in [6.07, 6.45) is -1.16. The van der Waals surface area contributed by atoms with Crippen molar-refractivity contribution in [3.8, 4) is 0 Å². The van der Waals surface area contributed by atoms with E-state index in [2.05, 4.69) is 37.2 Å². The van der Waals surface area contributed by atoms with Crippen LogP contribution < -0.4 is 60.2 Å². The topological polar surface area (TPSA) is 423 Å². The summed E-state index contributed by atoms with van der Waals surface area (Å²) in [4.78, 5) is 152. The maximum atomic E-state index is 13.9. The number of thioether (sulfide) groups is 1. The van der Waals surface area contributed by atoms with Gasteiger partial charge in [-0.2, -0.15) is 11.8 Å². The number of carboxylic acids is 1. The minimum atomic E-state index is -1.84. The van der Waals surface area contributed by atoms with E-state index in [9.17, 15) is 57.5 Å². The Kier molecular flexibility index (Phi) is 26.7. The molecule has 9 amide bonds. The molecule has 25 nitrogen and oxygen atoms in total. The third-order valence-electron chi connectivity index (χ3n) is 9.38. The number of amides is 9. The number of esters is 1. The molecule has 0 fully saturated rings. The number of nitrogens with two attached hydrogens (primary N) is 4. The van der Waals surface area contributed by atoms with Gasteiger partial charge in [0.05, 0.1) is 37.9 Å². The maximum absolute atomic E-state index is 13.9. The molecule has 0 bridgehead atoms. The predicted molar refractivity (Wildman–Crippen MR) is 245 cm³/mol. The highest BCUT2D eigenvalue weighted by Gasteiger charge is 2.34. The van der Waals surface area contributed by atoms with Crippen LogP contribution in [-0.2, 0) is 68.7 Å². The van der Waals surface area contributed by atoms with Gasteiger partial charge in [-0.1, -0.05) is 30.3 Å². The van der Waals surface area contributed by atoms with Gasteiger partial charge in [0.2, 0.25) is 53.2 Å². The molecule has 1 aromatic carbocycles. The van der Waals surface area contributed by atoms with Crippen molar-refractivity contribution >= 4 is 82.6 Å². The van der Waals surface area contributed by atoms with Gasteiger partial charge in [0, 0.05) is 25.8 Å². The van der Waals surface area contributed by atoms with Crippen LogP contribution in [0.5, 0.6) is 0 Å².